The van der Waals surface area contributed by atoms with E-state index in [9.17, 15) is 23.1 Å². The highest BCUT2D eigenvalue weighted by Gasteiger charge is 2.32. The lowest BCUT2D eigenvalue weighted by atomic mass is 9.99. The van der Waals surface area contributed by atoms with Crippen LogP contribution >= 0.6 is 0 Å². The number of nitrogens with one attached hydrogen (secondary N) is 1. The molecule has 0 aliphatic carbocycles. The molecule has 24 heavy (non-hydrogen) atoms. The zero-order chi connectivity index (χ0) is 17.6. The molecule has 0 bridgehead atoms. The lowest BCUT2D eigenvalue weighted by molar-refractivity contribution is -0.274. The molecule has 2 rings (SSSR count). The van der Waals surface area contributed by atoms with Crippen LogP contribution in [0.4, 0.5) is 13.2 Å². The summed E-state index contributed by atoms with van der Waals surface area (Å²) in [6.45, 7) is 1.65. The maximum Gasteiger partial charge on any atom is 0.573 e. The van der Waals surface area contributed by atoms with Gasteiger partial charge in [0.15, 0.2) is 0 Å². The molecule has 1 aromatic rings. The third kappa shape index (κ3) is 6.01. The molecule has 1 saturated heterocycles. The van der Waals surface area contributed by atoms with E-state index < -0.39 is 6.36 Å². The van der Waals surface area contributed by atoms with E-state index in [1.165, 1.54) is 18.2 Å². The number of benzene rings is 1. The predicted molar refractivity (Wildman–Crippen MR) is 81.2 cm³/mol. The molecule has 1 fully saturated rings. The van der Waals surface area contributed by atoms with Gasteiger partial charge in [-0.2, -0.15) is 0 Å². The minimum absolute atomic E-state index is 0.0393. The zero-order valence-corrected chi connectivity index (χ0v) is 13.2. The summed E-state index contributed by atoms with van der Waals surface area (Å²) in [6.07, 6.45) is -2.91. The number of hydrogen-bond donors (Lipinski definition) is 2. The van der Waals surface area contributed by atoms with Crippen LogP contribution in [0.1, 0.15) is 18.4 Å². The maximum atomic E-state index is 12.4. The molecule has 8 heteroatoms. The van der Waals surface area contributed by atoms with Crippen molar-refractivity contribution in [2.45, 2.75) is 25.7 Å². The number of ether oxygens (including phenoxy) is 1. The van der Waals surface area contributed by atoms with E-state index in [0.29, 0.717) is 6.54 Å². The van der Waals surface area contributed by atoms with Gasteiger partial charge in [-0.05, 0) is 31.4 Å². The Labute approximate surface area is 138 Å². The number of carbonyl (C=O) groups excluding carboxylic acids is 1. The molecule has 1 heterocycles. The van der Waals surface area contributed by atoms with Crippen molar-refractivity contribution in [2.24, 2.45) is 5.92 Å². The van der Waals surface area contributed by atoms with Crippen molar-refractivity contribution in [1.29, 1.82) is 0 Å². The molecule has 1 aliphatic heterocycles. The first-order valence-corrected chi connectivity index (χ1v) is 7.81. The average Bonchev–Trinajstić information content (AvgIpc) is 2.53. The van der Waals surface area contributed by atoms with Crippen LogP contribution in [0.3, 0.4) is 0 Å². The van der Waals surface area contributed by atoms with Crippen molar-refractivity contribution in [3.8, 4) is 5.75 Å². The highest BCUT2D eigenvalue weighted by molar-refractivity contribution is 5.78. The molecule has 134 valence electrons. The number of piperidine rings is 1. The van der Waals surface area contributed by atoms with Gasteiger partial charge in [0.05, 0.1) is 6.54 Å². The van der Waals surface area contributed by atoms with Crippen molar-refractivity contribution in [1.82, 2.24) is 10.2 Å². The van der Waals surface area contributed by atoms with Gasteiger partial charge >= 0.3 is 6.36 Å². The summed E-state index contributed by atoms with van der Waals surface area (Å²) >= 11 is 0. The first-order valence-electron chi connectivity index (χ1n) is 7.81. The summed E-state index contributed by atoms with van der Waals surface area (Å²) < 4.78 is 41.0. The second-order valence-corrected chi connectivity index (χ2v) is 5.86. The molecule has 0 radical (unpaired) electrons. The number of rotatable bonds is 6. The number of hydrogen-bond acceptors (Lipinski definition) is 4. The molecular weight excluding hydrogens is 325 g/mol. The van der Waals surface area contributed by atoms with Gasteiger partial charge in [-0.15, -0.1) is 13.2 Å². The third-order valence-corrected chi connectivity index (χ3v) is 3.90. The van der Waals surface area contributed by atoms with Gasteiger partial charge in [0.25, 0.3) is 0 Å². The molecular formula is C16H21F3N2O3. The van der Waals surface area contributed by atoms with Crippen LogP contribution < -0.4 is 10.1 Å². The number of nitrogens with zero attached hydrogens (tertiary/aromatic N) is 1. The van der Waals surface area contributed by atoms with Gasteiger partial charge < -0.3 is 15.2 Å². The molecule has 1 aliphatic rings. The van der Waals surface area contributed by atoms with Gasteiger partial charge in [-0.3, -0.25) is 9.69 Å². The lowest BCUT2D eigenvalue weighted by Crippen LogP contribution is -2.43. The summed E-state index contributed by atoms with van der Waals surface area (Å²) in [5.74, 6) is -0.411. The van der Waals surface area contributed by atoms with E-state index in [2.05, 4.69) is 10.1 Å². The van der Waals surface area contributed by atoms with Crippen molar-refractivity contribution in [3.63, 3.8) is 0 Å². The van der Waals surface area contributed by atoms with Gasteiger partial charge in [0, 0.05) is 25.3 Å². The van der Waals surface area contributed by atoms with E-state index in [0.717, 1.165) is 19.4 Å². The first kappa shape index (κ1) is 18.5. The predicted octanol–water partition coefficient (Wildman–Crippen LogP) is 1.91. The number of carbonyl (C=O) groups is 1. The Morgan fingerprint density at radius 2 is 2.12 bits per heavy atom. The summed E-state index contributed by atoms with van der Waals surface area (Å²) in [4.78, 5) is 13.9. The zero-order valence-electron chi connectivity index (χ0n) is 13.2. The second-order valence-electron chi connectivity index (χ2n) is 5.86. The fourth-order valence-electron chi connectivity index (χ4n) is 2.77. The van der Waals surface area contributed by atoms with Gasteiger partial charge in [0.2, 0.25) is 5.91 Å². The van der Waals surface area contributed by atoms with Gasteiger partial charge in [-0.25, -0.2) is 0 Å². The summed E-state index contributed by atoms with van der Waals surface area (Å²) in [5.41, 5.74) is 0.259. The van der Waals surface area contributed by atoms with Crippen LogP contribution in [0.15, 0.2) is 24.3 Å². The van der Waals surface area contributed by atoms with E-state index in [4.69, 9.17) is 0 Å². The van der Waals surface area contributed by atoms with Crippen LogP contribution in [0.2, 0.25) is 0 Å². The van der Waals surface area contributed by atoms with E-state index in [1.807, 2.05) is 4.90 Å². The SMILES string of the molecule is O=C(CN1CCCC(CO)C1)NCc1ccccc1OC(F)(F)F. The van der Waals surface area contributed by atoms with E-state index >= 15 is 0 Å². The lowest BCUT2D eigenvalue weighted by Gasteiger charge is -2.31. The van der Waals surface area contributed by atoms with Crippen molar-refractivity contribution in [2.75, 3.05) is 26.2 Å². The number of likely N-dealkylation sites (tertiary alicyclic amines) is 1. The van der Waals surface area contributed by atoms with Crippen LogP contribution in [0.5, 0.6) is 5.75 Å². The number of aliphatic hydroxyl groups excluding tert-OH is 1. The fourth-order valence-corrected chi connectivity index (χ4v) is 2.77. The van der Waals surface area contributed by atoms with Crippen LogP contribution in [-0.2, 0) is 11.3 Å². The van der Waals surface area contributed by atoms with Gasteiger partial charge in [0.1, 0.15) is 5.75 Å². The minimum atomic E-state index is -4.77. The van der Waals surface area contributed by atoms with Crippen LogP contribution in [0, 0.1) is 5.92 Å². The third-order valence-electron chi connectivity index (χ3n) is 3.90. The largest absolute Gasteiger partial charge is 0.573 e. The Hall–Kier alpha value is -1.80. The summed E-state index contributed by atoms with van der Waals surface area (Å²) in [7, 11) is 0. The molecule has 1 atom stereocenters. The molecule has 0 saturated carbocycles. The molecule has 2 N–H and O–H groups in total. The highest BCUT2D eigenvalue weighted by atomic mass is 19.4. The fraction of sp³-hybridized carbons (Fsp3) is 0.562. The Bertz CT molecular complexity index is 552. The number of aliphatic hydroxyl groups is 1. The van der Waals surface area contributed by atoms with E-state index in [1.54, 1.807) is 6.07 Å². The van der Waals surface area contributed by atoms with Gasteiger partial charge in [-0.1, -0.05) is 18.2 Å². The Kier molecular flexibility index (Phi) is 6.44. The first-order chi connectivity index (χ1) is 11.4. The van der Waals surface area contributed by atoms with Crippen LogP contribution in [0.25, 0.3) is 0 Å². The van der Waals surface area contributed by atoms with Crippen molar-refractivity contribution >= 4 is 5.91 Å². The molecule has 0 aromatic heterocycles. The van der Waals surface area contributed by atoms with Crippen LogP contribution in [-0.4, -0.2) is 48.5 Å². The highest BCUT2D eigenvalue weighted by Crippen LogP contribution is 2.26. The minimum Gasteiger partial charge on any atom is -0.405 e. The quantitative estimate of drug-likeness (QED) is 0.826. The normalized spacial score (nSPS) is 19.1. The summed E-state index contributed by atoms with van der Waals surface area (Å²) in [5, 5.41) is 11.8. The number of alkyl halides is 3. The summed E-state index contributed by atoms with van der Waals surface area (Å²) in [6, 6.07) is 5.71. The second kappa shape index (κ2) is 8.34. The molecule has 0 spiro atoms. The Morgan fingerprint density at radius 3 is 2.83 bits per heavy atom. The average molecular weight is 346 g/mol. The number of halogens is 3. The Morgan fingerprint density at radius 1 is 1.38 bits per heavy atom. The topological polar surface area (TPSA) is 61.8 Å². The number of amides is 1. The van der Waals surface area contributed by atoms with Crippen molar-refractivity contribution < 1.29 is 27.8 Å². The number of para-hydroxylation sites is 1. The maximum absolute atomic E-state index is 12.4. The van der Waals surface area contributed by atoms with Crippen molar-refractivity contribution in [3.05, 3.63) is 29.8 Å². The molecule has 5 nitrogen and oxygen atoms in total. The standard InChI is InChI=1S/C16H21F3N2O3/c17-16(18,19)24-14-6-2-1-5-13(14)8-20-15(23)10-21-7-3-4-12(9-21)11-22/h1-2,5-6,12,22H,3-4,7-11H2,(H,20,23). The molecule has 1 aromatic carbocycles. The monoisotopic (exact) mass is 346 g/mol. The Balaban J connectivity index is 1.85. The molecule has 1 unspecified atom stereocenters. The molecule has 1 amide bonds. The van der Waals surface area contributed by atoms with E-state index in [-0.39, 0.29) is 42.8 Å². The smallest absolute Gasteiger partial charge is 0.405 e.